The molecule has 2 fully saturated rings. The molecule has 1 heterocycles. The number of alkyl carbamates (subject to hydrolysis) is 1. The van der Waals surface area contributed by atoms with Crippen molar-refractivity contribution in [3.8, 4) is 0 Å². The van der Waals surface area contributed by atoms with Crippen LogP contribution in [0.2, 0.25) is 0 Å². The molecule has 1 aromatic carbocycles. The predicted molar refractivity (Wildman–Crippen MR) is 173 cm³/mol. The highest BCUT2D eigenvalue weighted by molar-refractivity contribution is 5.86. The molecule has 2 N–H and O–H groups in total. The number of imidazole rings is 1. The number of fused-ring (bicyclic) bond motifs is 6. The molecular formula is C36H48N4O5. The van der Waals surface area contributed by atoms with Gasteiger partial charge in [-0.25, -0.2) is 9.78 Å². The molecule has 9 nitrogen and oxygen atoms in total. The van der Waals surface area contributed by atoms with Crippen LogP contribution < -0.4 is 10.6 Å². The Morgan fingerprint density at radius 2 is 1.76 bits per heavy atom. The zero-order valence-corrected chi connectivity index (χ0v) is 27.4. The van der Waals surface area contributed by atoms with Gasteiger partial charge in [-0.2, -0.15) is 0 Å². The topological polar surface area (TPSA) is 112 Å². The molecule has 4 aliphatic carbocycles. The van der Waals surface area contributed by atoms with Crippen molar-refractivity contribution < 1.29 is 23.9 Å². The van der Waals surface area contributed by atoms with Crippen LogP contribution in [-0.4, -0.2) is 58.7 Å². The molecular weight excluding hydrogens is 568 g/mol. The van der Waals surface area contributed by atoms with E-state index >= 15 is 0 Å². The zero-order valence-electron chi connectivity index (χ0n) is 27.4. The number of esters is 1. The van der Waals surface area contributed by atoms with Crippen LogP contribution in [0.25, 0.3) is 16.7 Å². The van der Waals surface area contributed by atoms with E-state index in [-0.39, 0.29) is 48.3 Å². The molecule has 9 heteroatoms. The van der Waals surface area contributed by atoms with E-state index in [9.17, 15) is 14.4 Å². The first-order valence-electron chi connectivity index (χ1n) is 16.6. The summed E-state index contributed by atoms with van der Waals surface area (Å²) < 4.78 is 13.3. The summed E-state index contributed by atoms with van der Waals surface area (Å²) in [5.74, 6) is 1.31. The molecule has 4 aliphatic rings. The highest BCUT2D eigenvalue weighted by atomic mass is 16.6. The maximum absolute atomic E-state index is 12.6. The number of nitrogens with zero attached hydrogens (tertiary/aromatic N) is 2. The van der Waals surface area contributed by atoms with Crippen LogP contribution in [-0.2, 0) is 19.1 Å². The number of ether oxygens (including phenoxy) is 2. The molecule has 2 aromatic rings. The Balaban J connectivity index is 1.01. The summed E-state index contributed by atoms with van der Waals surface area (Å²) in [6.07, 6.45) is 13.5. The number of carbonyl (C=O) groups is 3. The van der Waals surface area contributed by atoms with Crippen LogP contribution in [0.1, 0.15) is 79.6 Å². The third kappa shape index (κ3) is 6.20. The summed E-state index contributed by atoms with van der Waals surface area (Å²) in [4.78, 5) is 41.2. The fourth-order valence-electron chi connectivity index (χ4n) is 8.88. The van der Waals surface area contributed by atoms with Gasteiger partial charge in [0.05, 0.1) is 30.7 Å². The summed E-state index contributed by atoms with van der Waals surface area (Å²) in [6, 6.07) is 8.42. The van der Waals surface area contributed by atoms with Gasteiger partial charge in [-0.05, 0) is 94.6 Å². The maximum Gasteiger partial charge on any atom is 0.408 e. The maximum atomic E-state index is 12.6. The molecule has 2 saturated carbocycles. The number of carbonyl (C=O) groups excluding carboxylic acids is 3. The SMILES string of the molecule is CC(C)(C)OC(=O)NCC(=O)CNCC(=O)O[C@H]1CC[C@@]2(C)C(=CCC3C2CC[C@]2(C)C(n4cnc5ccccc54)=CCC32)C1. The van der Waals surface area contributed by atoms with Gasteiger partial charge in [-0.1, -0.05) is 43.7 Å². The van der Waals surface area contributed by atoms with Crippen LogP contribution in [0.3, 0.4) is 0 Å². The second-order valence-corrected chi connectivity index (χ2v) is 15.0. The average Bonchev–Trinajstić information content (AvgIpc) is 3.56. The molecule has 0 aliphatic heterocycles. The number of allylic oxidation sites excluding steroid dienone is 3. The Bertz CT molecular complexity index is 1540. The summed E-state index contributed by atoms with van der Waals surface area (Å²) >= 11 is 0. The second-order valence-electron chi connectivity index (χ2n) is 15.0. The summed E-state index contributed by atoms with van der Waals surface area (Å²) in [6.45, 7) is 9.98. The van der Waals surface area contributed by atoms with Gasteiger partial charge in [0.15, 0.2) is 5.78 Å². The van der Waals surface area contributed by atoms with E-state index in [1.165, 1.54) is 29.6 Å². The number of amides is 1. The zero-order chi connectivity index (χ0) is 32.0. The average molecular weight is 617 g/mol. The highest BCUT2D eigenvalue weighted by Gasteiger charge is 2.57. The molecule has 6 atom stereocenters. The number of hydrogen-bond donors (Lipinski definition) is 2. The molecule has 1 aromatic heterocycles. The minimum absolute atomic E-state index is 0.0322. The van der Waals surface area contributed by atoms with Crippen molar-refractivity contribution in [3.05, 3.63) is 48.3 Å². The summed E-state index contributed by atoms with van der Waals surface area (Å²) in [7, 11) is 0. The van der Waals surface area contributed by atoms with E-state index in [0.717, 1.165) is 37.6 Å². The quantitative estimate of drug-likeness (QED) is 0.275. The normalized spacial score (nSPS) is 30.8. The number of benzene rings is 1. The minimum Gasteiger partial charge on any atom is -0.461 e. The molecule has 6 rings (SSSR count). The molecule has 3 unspecified atom stereocenters. The monoisotopic (exact) mass is 616 g/mol. The lowest BCUT2D eigenvalue weighted by molar-refractivity contribution is -0.150. The van der Waals surface area contributed by atoms with Crippen molar-refractivity contribution in [2.24, 2.45) is 28.6 Å². The number of hydrogen-bond acceptors (Lipinski definition) is 7. The first kappa shape index (κ1) is 31.5. The van der Waals surface area contributed by atoms with Crippen molar-refractivity contribution in [3.63, 3.8) is 0 Å². The van der Waals surface area contributed by atoms with Gasteiger partial charge in [0.1, 0.15) is 18.0 Å². The van der Waals surface area contributed by atoms with Crippen molar-refractivity contribution in [1.29, 1.82) is 0 Å². The van der Waals surface area contributed by atoms with Crippen LogP contribution in [0, 0.1) is 28.6 Å². The molecule has 0 saturated heterocycles. The van der Waals surface area contributed by atoms with Gasteiger partial charge in [-0.3, -0.25) is 14.9 Å². The number of para-hydroxylation sites is 2. The standard InChI is InChI=1S/C36H48N4O5/c1-34(2,3)45-33(43)38-20-24(41)19-37-21-32(42)44-25-14-16-35(4)23(18-25)10-11-26-27-12-13-31(36(27,5)17-15-28(26)35)40-22-39-29-8-6-7-9-30(29)40/h6-10,13,22,25-28,37H,11-12,14-21H2,1-5H3,(H,38,43)/t25-,26?,27?,28?,35-,36-/m0/s1. The highest BCUT2D eigenvalue weighted by Crippen LogP contribution is 2.65. The number of ketones is 1. The Labute approximate surface area is 266 Å². The van der Waals surface area contributed by atoms with Crippen LogP contribution >= 0.6 is 0 Å². The molecule has 1 amide bonds. The molecule has 45 heavy (non-hydrogen) atoms. The van der Waals surface area contributed by atoms with Gasteiger partial charge < -0.3 is 19.4 Å². The molecule has 0 spiro atoms. The van der Waals surface area contributed by atoms with Gasteiger partial charge >= 0.3 is 12.1 Å². The number of Topliss-reactive ketones (excluding diaryl/α,β-unsaturated/α-hetero) is 1. The molecule has 242 valence electrons. The van der Waals surface area contributed by atoms with Gasteiger partial charge in [0.25, 0.3) is 0 Å². The van der Waals surface area contributed by atoms with E-state index in [2.05, 4.69) is 65.5 Å². The van der Waals surface area contributed by atoms with E-state index in [1.54, 1.807) is 20.8 Å². The second kappa shape index (κ2) is 12.0. The van der Waals surface area contributed by atoms with E-state index in [0.29, 0.717) is 17.8 Å². The lowest BCUT2D eigenvalue weighted by Gasteiger charge is -2.57. The number of aromatic nitrogens is 2. The third-order valence-corrected chi connectivity index (χ3v) is 11.0. The lowest BCUT2D eigenvalue weighted by atomic mass is 9.47. The Kier molecular flexibility index (Phi) is 8.44. The van der Waals surface area contributed by atoms with Crippen LogP contribution in [0.4, 0.5) is 4.79 Å². The summed E-state index contributed by atoms with van der Waals surface area (Å²) in [5, 5.41) is 5.30. The predicted octanol–water partition coefficient (Wildman–Crippen LogP) is 6.05. The van der Waals surface area contributed by atoms with Crippen molar-refractivity contribution in [2.45, 2.75) is 91.3 Å². The molecule has 0 radical (unpaired) electrons. The van der Waals surface area contributed by atoms with Gasteiger partial charge in [0, 0.05) is 17.5 Å². The summed E-state index contributed by atoms with van der Waals surface area (Å²) in [5.41, 5.74) is 4.77. The lowest BCUT2D eigenvalue weighted by Crippen LogP contribution is -2.50. The van der Waals surface area contributed by atoms with Crippen molar-refractivity contribution in [2.75, 3.05) is 19.6 Å². The minimum atomic E-state index is -0.641. The van der Waals surface area contributed by atoms with E-state index < -0.39 is 11.7 Å². The largest absolute Gasteiger partial charge is 0.461 e. The van der Waals surface area contributed by atoms with Gasteiger partial charge in [-0.15, -0.1) is 0 Å². The number of nitrogens with one attached hydrogen (secondary N) is 2. The number of rotatable bonds is 8. The first-order valence-corrected chi connectivity index (χ1v) is 16.6. The smallest absolute Gasteiger partial charge is 0.408 e. The fraction of sp³-hybridized carbons (Fsp3) is 0.611. The fourth-order valence-corrected chi connectivity index (χ4v) is 8.88. The first-order chi connectivity index (χ1) is 21.4. The van der Waals surface area contributed by atoms with Crippen LogP contribution in [0.15, 0.2) is 48.3 Å². The van der Waals surface area contributed by atoms with Crippen LogP contribution in [0.5, 0.6) is 0 Å². The van der Waals surface area contributed by atoms with Crippen molar-refractivity contribution in [1.82, 2.24) is 20.2 Å². The third-order valence-electron chi connectivity index (χ3n) is 11.0. The Morgan fingerprint density at radius 1 is 0.978 bits per heavy atom. The Morgan fingerprint density at radius 3 is 2.56 bits per heavy atom. The molecule has 0 bridgehead atoms. The Hall–Kier alpha value is -3.46. The van der Waals surface area contributed by atoms with Crippen molar-refractivity contribution >= 4 is 34.6 Å². The van der Waals surface area contributed by atoms with E-state index in [1.807, 2.05) is 6.33 Å². The van der Waals surface area contributed by atoms with E-state index in [4.69, 9.17) is 14.5 Å². The van der Waals surface area contributed by atoms with Gasteiger partial charge in [0.2, 0.25) is 0 Å².